The Labute approximate surface area is 120 Å². The molecule has 1 saturated carbocycles. The number of carbonyl (C=O) groups is 1. The lowest BCUT2D eigenvalue weighted by Crippen LogP contribution is -2.31. The van der Waals surface area contributed by atoms with Crippen molar-refractivity contribution in [1.82, 2.24) is 5.32 Å². The maximum atomic E-state index is 11.8. The van der Waals surface area contributed by atoms with Gasteiger partial charge in [-0.1, -0.05) is 13.3 Å². The van der Waals surface area contributed by atoms with E-state index in [-0.39, 0.29) is 5.91 Å². The molecule has 0 radical (unpaired) electrons. The largest absolute Gasteiger partial charge is 0.493 e. The Morgan fingerprint density at radius 1 is 1.35 bits per heavy atom. The van der Waals surface area contributed by atoms with Gasteiger partial charge in [0.2, 0.25) is 5.91 Å². The molecule has 0 spiro atoms. The summed E-state index contributed by atoms with van der Waals surface area (Å²) < 4.78 is 5.51. The summed E-state index contributed by atoms with van der Waals surface area (Å²) in [5.74, 6) is 0.819. The molecule has 1 aliphatic rings. The van der Waals surface area contributed by atoms with Crippen LogP contribution in [0.5, 0.6) is 5.75 Å². The Morgan fingerprint density at radius 2 is 2.05 bits per heavy atom. The van der Waals surface area contributed by atoms with E-state index in [1.807, 2.05) is 12.1 Å². The number of amides is 1. The Morgan fingerprint density at radius 3 is 2.65 bits per heavy atom. The maximum Gasteiger partial charge on any atom is 0.223 e. The van der Waals surface area contributed by atoms with Gasteiger partial charge in [-0.25, -0.2) is 0 Å². The van der Waals surface area contributed by atoms with E-state index in [1.165, 1.54) is 25.7 Å². The average Bonchev–Trinajstić information content (AvgIpc) is 3.20. The van der Waals surface area contributed by atoms with Crippen LogP contribution < -0.4 is 15.8 Å². The van der Waals surface area contributed by atoms with Crippen molar-refractivity contribution in [2.24, 2.45) is 5.41 Å². The molecular formula is C16H24N2O2. The fraction of sp³-hybridized carbons (Fsp3) is 0.562. The first kappa shape index (κ1) is 14.7. The van der Waals surface area contributed by atoms with Crippen LogP contribution in [-0.4, -0.2) is 19.1 Å². The molecular weight excluding hydrogens is 252 g/mol. The van der Waals surface area contributed by atoms with Crippen LogP contribution in [0.25, 0.3) is 0 Å². The number of nitrogens with one attached hydrogen (secondary N) is 1. The van der Waals surface area contributed by atoms with Crippen LogP contribution in [0.15, 0.2) is 24.3 Å². The van der Waals surface area contributed by atoms with Crippen molar-refractivity contribution in [3.8, 4) is 5.75 Å². The summed E-state index contributed by atoms with van der Waals surface area (Å²) in [4.78, 5) is 11.8. The first-order valence-electron chi connectivity index (χ1n) is 7.39. The molecule has 0 aromatic heterocycles. The molecule has 1 aromatic carbocycles. The van der Waals surface area contributed by atoms with E-state index < -0.39 is 0 Å². The number of hydrogen-bond donors (Lipinski definition) is 2. The van der Waals surface area contributed by atoms with Gasteiger partial charge in [0, 0.05) is 12.2 Å². The number of anilines is 1. The summed E-state index contributed by atoms with van der Waals surface area (Å²) in [5, 5.41) is 3.03. The number of ether oxygens (including phenoxy) is 1. The molecule has 0 aliphatic heterocycles. The van der Waals surface area contributed by atoms with E-state index in [4.69, 9.17) is 10.5 Å². The molecule has 1 fully saturated rings. The molecule has 1 aromatic rings. The Bertz CT molecular complexity index is 438. The SMILES string of the molecule is CCCC1(CNC(=O)CCOc2ccc(N)cc2)CC1. The zero-order valence-corrected chi connectivity index (χ0v) is 12.2. The number of carbonyl (C=O) groups excluding carboxylic acids is 1. The van der Waals surface area contributed by atoms with Crippen molar-refractivity contribution in [1.29, 1.82) is 0 Å². The molecule has 1 aliphatic carbocycles. The van der Waals surface area contributed by atoms with Gasteiger partial charge in [0.25, 0.3) is 0 Å². The number of benzene rings is 1. The molecule has 4 heteroatoms. The molecule has 110 valence electrons. The van der Waals surface area contributed by atoms with Crippen molar-refractivity contribution in [3.63, 3.8) is 0 Å². The van der Waals surface area contributed by atoms with E-state index in [0.717, 1.165) is 12.3 Å². The average molecular weight is 276 g/mol. The second-order valence-corrected chi connectivity index (χ2v) is 5.69. The van der Waals surface area contributed by atoms with Crippen LogP contribution in [0.1, 0.15) is 39.0 Å². The topological polar surface area (TPSA) is 64.3 Å². The fourth-order valence-electron chi connectivity index (χ4n) is 2.42. The summed E-state index contributed by atoms with van der Waals surface area (Å²) in [6.07, 6.45) is 5.31. The second-order valence-electron chi connectivity index (χ2n) is 5.69. The monoisotopic (exact) mass is 276 g/mol. The summed E-state index contributed by atoms with van der Waals surface area (Å²) in [6, 6.07) is 7.20. The highest BCUT2D eigenvalue weighted by Crippen LogP contribution is 2.48. The van der Waals surface area contributed by atoms with Gasteiger partial charge in [-0.2, -0.15) is 0 Å². The van der Waals surface area contributed by atoms with Gasteiger partial charge >= 0.3 is 0 Å². The number of hydrogen-bond acceptors (Lipinski definition) is 3. The highest BCUT2D eigenvalue weighted by molar-refractivity contribution is 5.76. The number of rotatable bonds is 8. The smallest absolute Gasteiger partial charge is 0.223 e. The molecule has 2 rings (SSSR count). The van der Waals surface area contributed by atoms with Crippen molar-refractivity contribution in [2.75, 3.05) is 18.9 Å². The third-order valence-corrected chi connectivity index (χ3v) is 3.88. The summed E-state index contributed by atoms with van der Waals surface area (Å²) >= 11 is 0. The van der Waals surface area contributed by atoms with Gasteiger partial charge in [0.1, 0.15) is 5.75 Å². The third-order valence-electron chi connectivity index (χ3n) is 3.88. The lowest BCUT2D eigenvalue weighted by Gasteiger charge is -2.15. The first-order valence-corrected chi connectivity index (χ1v) is 7.39. The van der Waals surface area contributed by atoms with E-state index in [0.29, 0.717) is 24.1 Å². The molecule has 0 saturated heterocycles. The fourth-order valence-corrected chi connectivity index (χ4v) is 2.42. The van der Waals surface area contributed by atoms with Gasteiger partial charge < -0.3 is 15.8 Å². The Kier molecular flexibility index (Phi) is 4.88. The number of nitrogens with two attached hydrogens (primary N) is 1. The Balaban J connectivity index is 1.62. The first-order chi connectivity index (χ1) is 9.63. The van der Waals surface area contributed by atoms with Crippen LogP contribution in [0.2, 0.25) is 0 Å². The highest BCUT2D eigenvalue weighted by atomic mass is 16.5. The lowest BCUT2D eigenvalue weighted by molar-refractivity contribution is -0.121. The summed E-state index contributed by atoms with van der Waals surface area (Å²) in [5.41, 5.74) is 6.71. The molecule has 0 atom stereocenters. The maximum absolute atomic E-state index is 11.8. The minimum Gasteiger partial charge on any atom is -0.493 e. The summed E-state index contributed by atoms with van der Waals surface area (Å²) in [6.45, 7) is 3.42. The third kappa shape index (κ3) is 4.44. The molecule has 0 heterocycles. The van der Waals surface area contributed by atoms with E-state index in [9.17, 15) is 4.79 Å². The van der Waals surface area contributed by atoms with Crippen molar-refractivity contribution in [2.45, 2.75) is 39.0 Å². The van der Waals surface area contributed by atoms with Crippen LogP contribution >= 0.6 is 0 Å². The van der Waals surface area contributed by atoms with Crippen molar-refractivity contribution in [3.05, 3.63) is 24.3 Å². The second kappa shape index (κ2) is 6.64. The normalized spacial score (nSPS) is 15.7. The van der Waals surface area contributed by atoms with E-state index in [1.54, 1.807) is 12.1 Å². The van der Waals surface area contributed by atoms with Gasteiger partial charge in [-0.05, 0) is 48.9 Å². The molecule has 4 nitrogen and oxygen atoms in total. The van der Waals surface area contributed by atoms with Gasteiger partial charge in [0.05, 0.1) is 13.0 Å². The minimum atomic E-state index is 0.0721. The van der Waals surface area contributed by atoms with Crippen molar-refractivity contribution < 1.29 is 9.53 Å². The summed E-state index contributed by atoms with van der Waals surface area (Å²) in [7, 11) is 0. The van der Waals surface area contributed by atoms with Gasteiger partial charge in [0.15, 0.2) is 0 Å². The van der Waals surface area contributed by atoms with E-state index >= 15 is 0 Å². The Hall–Kier alpha value is -1.71. The zero-order chi connectivity index (χ0) is 14.4. The van der Waals surface area contributed by atoms with E-state index in [2.05, 4.69) is 12.2 Å². The molecule has 0 bridgehead atoms. The van der Waals surface area contributed by atoms with Crippen LogP contribution in [0, 0.1) is 5.41 Å². The minimum absolute atomic E-state index is 0.0721. The quantitative estimate of drug-likeness (QED) is 0.718. The van der Waals surface area contributed by atoms with Gasteiger partial charge in [-0.3, -0.25) is 4.79 Å². The molecule has 3 N–H and O–H groups in total. The zero-order valence-electron chi connectivity index (χ0n) is 12.2. The molecule has 1 amide bonds. The lowest BCUT2D eigenvalue weighted by atomic mass is 10.0. The van der Waals surface area contributed by atoms with Crippen LogP contribution in [-0.2, 0) is 4.79 Å². The van der Waals surface area contributed by atoms with Crippen LogP contribution in [0.4, 0.5) is 5.69 Å². The predicted octanol–water partition coefficient (Wildman–Crippen LogP) is 2.73. The molecule has 0 unspecified atom stereocenters. The number of nitrogen functional groups attached to an aromatic ring is 1. The van der Waals surface area contributed by atoms with Gasteiger partial charge in [-0.15, -0.1) is 0 Å². The highest BCUT2D eigenvalue weighted by Gasteiger charge is 2.41. The van der Waals surface area contributed by atoms with Crippen molar-refractivity contribution >= 4 is 11.6 Å². The molecule has 20 heavy (non-hydrogen) atoms. The predicted molar refractivity (Wildman–Crippen MR) is 80.6 cm³/mol. The van der Waals surface area contributed by atoms with Crippen LogP contribution in [0.3, 0.4) is 0 Å². The standard InChI is InChI=1S/C16H24N2O2/c1-2-8-16(9-10-16)12-18-15(19)7-11-20-14-5-3-13(17)4-6-14/h3-6H,2,7-12,17H2,1H3,(H,18,19).